The maximum atomic E-state index is 12.4. The Morgan fingerprint density at radius 3 is 2.29 bits per heavy atom. The fraction of sp³-hybridized carbons (Fsp3) is 0.304. The molecule has 0 atom stereocenters. The molecule has 2 amide bonds. The fourth-order valence-electron chi connectivity index (χ4n) is 6.63. The van der Waals surface area contributed by atoms with E-state index in [4.69, 9.17) is 22.0 Å². The molecule has 0 saturated heterocycles. The second kappa shape index (κ2) is 22.7. The molecular formula is C46H53N11O3S2. The minimum Gasteiger partial charge on any atom is -0.393 e. The fourth-order valence-corrected chi connectivity index (χ4v) is 8.17. The van der Waals surface area contributed by atoms with Crippen LogP contribution in [0.5, 0.6) is 0 Å². The van der Waals surface area contributed by atoms with E-state index in [9.17, 15) is 9.59 Å². The Labute approximate surface area is 370 Å². The maximum Gasteiger partial charge on any atom is 0.296 e. The number of hydrogen-bond donors (Lipinski definition) is 7. The maximum absolute atomic E-state index is 12.4. The summed E-state index contributed by atoms with van der Waals surface area (Å²) in [5.74, 6) is 18.5. The van der Waals surface area contributed by atoms with Gasteiger partial charge in [-0.05, 0) is 73.5 Å². The number of thioether (sulfide) groups is 1. The van der Waals surface area contributed by atoms with Crippen LogP contribution in [0.2, 0.25) is 0 Å². The number of aryl methyl sites for hydroxylation is 1. The van der Waals surface area contributed by atoms with Gasteiger partial charge in [-0.3, -0.25) is 14.6 Å². The highest BCUT2D eigenvalue weighted by Gasteiger charge is 2.17. The minimum absolute atomic E-state index is 0.263. The Hall–Kier alpha value is -6.11. The van der Waals surface area contributed by atoms with E-state index in [1.807, 2.05) is 42.8 Å². The molecule has 0 aliphatic rings. The molecule has 0 radical (unpaired) electrons. The van der Waals surface area contributed by atoms with Crippen LogP contribution in [0.25, 0.3) is 32.2 Å². The molecule has 3 aromatic carbocycles. The molecule has 0 unspecified atom stereocenters. The Bertz CT molecular complexity index is 2620. The number of thiophene rings is 1. The van der Waals surface area contributed by atoms with Gasteiger partial charge in [-0.15, -0.1) is 11.3 Å². The van der Waals surface area contributed by atoms with Crippen molar-refractivity contribution in [2.24, 2.45) is 11.6 Å². The third kappa shape index (κ3) is 12.0. The number of benzene rings is 3. The standard InChI is InChI=1S/C46H53N11O3S2/c1-4-24-61-46-54-44(53-19-18-47)43(48)45(55-46)57(49)29-32-8-6-31(7-9-32)11-16-41(58)51-20-22-60-23-21-52-42(59)17-12-34-26-40(62-30-34)35-13-14-36-37-25-33(28-50-3)10-15-38(37)56(5-2)39(36)27-35/h6-10,13-15,25-27,30,50H,4-5,18-24,28-29,47-49H2,1-3H3,(H,51,58)(H,52,59)(H,53,54,55). The van der Waals surface area contributed by atoms with E-state index in [1.54, 1.807) is 11.3 Å². The highest BCUT2D eigenvalue weighted by Crippen LogP contribution is 2.35. The second-order valence-corrected chi connectivity index (χ2v) is 16.1. The normalized spacial score (nSPS) is 10.9. The molecule has 0 bridgehead atoms. The topological polar surface area (TPSA) is 204 Å². The van der Waals surface area contributed by atoms with Gasteiger partial charge in [-0.25, -0.2) is 15.8 Å². The number of fused-ring (bicyclic) bond motifs is 3. The number of hydrogen-bond acceptors (Lipinski definition) is 13. The molecule has 322 valence electrons. The lowest BCUT2D eigenvalue weighted by Crippen LogP contribution is -2.32. The van der Waals surface area contributed by atoms with Crippen LogP contribution in [0.15, 0.2) is 77.3 Å². The highest BCUT2D eigenvalue weighted by atomic mass is 32.2. The van der Waals surface area contributed by atoms with Crippen LogP contribution in [-0.4, -0.2) is 78.5 Å². The molecule has 6 aromatic rings. The summed E-state index contributed by atoms with van der Waals surface area (Å²) >= 11 is 3.14. The molecule has 0 spiro atoms. The number of amides is 2. The van der Waals surface area contributed by atoms with Crippen LogP contribution >= 0.6 is 23.1 Å². The number of nitrogen functional groups attached to an aromatic ring is 1. The van der Waals surface area contributed by atoms with E-state index in [0.29, 0.717) is 47.7 Å². The van der Waals surface area contributed by atoms with Crippen molar-refractivity contribution >= 4 is 74.0 Å². The van der Waals surface area contributed by atoms with Gasteiger partial charge in [0.1, 0.15) is 5.69 Å². The molecule has 3 aromatic heterocycles. The summed E-state index contributed by atoms with van der Waals surface area (Å²) in [6.07, 6.45) is 0.974. The SMILES string of the molecule is CCCSc1nc(NCCN)c(N)c(N(N)Cc2ccc(C#CC(=O)NCCOCCNC(=O)C#Cc3csc(-c4ccc5c6cc(CNC)ccc6n(CC)c5c4)c3)cc2)n1. The molecule has 0 fully saturated rings. The summed E-state index contributed by atoms with van der Waals surface area (Å²) in [5.41, 5.74) is 19.5. The summed E-state index contributed by atoms with van der Waals surface area (Å²) in [6.45, 7) is 8.32. The number of carbonyl (C=O) groups excluding carboxylic acids is 2. The first-order valence-corrected chi connectivity index (χ1v) is 22.4. The summed E-state index contributed by atoms with van der Waals surface area (Å²) in [6, 6.07) is 22.7. The first-order chi connectivity index (χ1) is 30.2. The van der Waals surface area contributed by atoms with E-state index in [2.05, 4.69) is 110 Å². The highest BCUT2D eigenvalue weighted by molar-refractivity contribution is 7.99. The van der Waals surface area contributed by atoms with Crippen molar-refractivity contribution in [3.63, 3.8) is 0 Å². The van der Waals surface area contributed by atoms with E-state index in [-0.39, 0.29) is 32.2 Å². The van der Waals surface area contributed by atoms with Crippen molar-refractivity contribution in [1.29, 1.82) is 0 Å². The van der Waals surface area contributed by atoms with Crippen LogP contribution in [0.4, 0.5) is 17.3 Å². The number of ether oxygens (including phenoxy) is 1. The van der Waals surface area contributed by atoms with Gasteiger partial charge in [0.25, 0.3) is 11.8 Å². The van der Waals surface area contributed by atoms with Gasteiger partial charge in [0, 0.05) is 100 Å². The number of anilines is 3. The lowest BCUT2D eigenvalue weighted by molar-refractivity contribution is -0.116. The summed E-state index contributed by atoms with van der Waals surface area (Å²) < 4.78 is 7.91. The van der Waals surface area contributed by atoms with Crippen molar-refractivity contribution in [1.82, 2.24) is 30.5 Å². The number of carbonyl (C=O) groups is 2. The molecular weight excluding hydrogens is 819 g/mol. The molecule has 10 N–H and O–H groups in total. The summed E-state index contributed by atoms with van der Waals surface area (Å²) in [7, 11) is 1.96. The lowest BCUT2D eigenvalue weighted by atomic mass is 10.1. The van der Waals surface area contributed by atoms with Crippen molar-refractivity contribution in [3.05, 3.63) is 94.4 Å². The molecule has 62 heavy (non-hydrogen) atoms. The van der Waals surface area contributed by atoms with Gasteiger partial charge in [0.2, 0.25) is 0 Å². The predicted molar refractivity (Wildman–Crippen MR) is 254 cm³/mol. The van der Waals surface area contributed by atoms with E-state index < -0.39 is 5.91 Å². The summed E-state index contributed by atoms with van der Waals surface area (Å²) in [4.78, 5) is 34.9. The molecule has 3 heterocycles. The van der Waals surface area contributed by atoms with Gasteiger partial charge in [-0.1, -0.05) is 60.9 Å². The number of nitrogens with zero attached hydrogens (tertiary/aromatic N) is 4. The Morgan fingerprint density at radius 1 is 0.871 bits per heavy atom. The molecule has 16 heteroatoms. The smallest absolute Gasteiger partial charge is 0.296 e. The molecule has 0 aliphatic heterocycles. The van der Waals surface area contributed by atoms with Crippen LogP contribution in [0.1, 0.15) is 42.5 Å². The van der Waals surface area contributed by atoms with Gasteiger partial charge in [0.15, 0.2) is 16.8 Å². The van der Waals surface area contributed by atoms with Gasteiger partial charge < -0.3 is 42.0 Å². The first-order valence-electron chi connectivity index (χ1n) is 20.5. The zero-order valence-corrected chi connectivity index (χ0v) is 36.9. The Balaban J connectivity index is 0.901. The second-order valence-electron chi connectivity index (χ2n) is 14.2. The summed E-state index contributed by atoms with van der Waals surface area (Å²) in [5, 5.41) is 18.4. The van der Waals surface area contributed by atoms with E-state index in [0.717, 1.165) is 46.8 Å². The number of aromatic nitrogens is 3. The Kier molecular flexibility index (Phi) is 16.6. The van der Waals surface area contributed by atoms with Crippen LogP contribution in [-0.2, 0) is 34.0 Å². The Morgan fingerprint density at radius 2 is 1.60 bits per heavy atom. The average Bonchev–Trinajstić information content (AvgIpc) is 3.89. The van der Waals surface area contributed by atoms with Crippen LogP contribution in [0, 0.1) is 23.7 Å². The zero-order chi connectivity index (χ0) is 43.8. The number of nitrogens with one attached hydrogen (secondary N) is 4. The quantitative estimate of drug-likeness (QED) is 0.0143. The van der Waals surface area contributed by atoms with Crippen molar-refractivity contribution in [2.45, 2.75) is 45.1 Å². The zero-order valence-electron chi connectivity index (χ0n) is 35.3. The van der Waals surface area contributed by atoms with Gasteiger partial charge in [-0.2, -0.15) is 0 Å². The van der Waals surface area contributed by atoms with Crippen molar-refractivity contribution < 1.29 is 14.3 Å². The predicted octanol–water partition coefficient (Wildman–Crippen LogP) is 5.04. The molecule has 14 nitrogen and oxygen atoms in total. The van der Waals surface area contributed by atoms with Gasteiger partial charge in [0.05, 0.1) is 19.8 Å². The minimum atomic E-state index is -0.426. The van der Waals surface area contributed by atoms with Crippen molar-refractivity contribution in [3.8, 4) is 34.1 Å². The number of rotatable bonds is 19. The third-order valence-electron chi connectivity index (χ3n) is 9.57. The average molecular weight is 872 g/mol. The van der Waals surface area contributed by atoms with Gasteiger partial charge >= 0.3 is 0 Å². The molecule has 0 saturated carbocycles. The van der Waals surface area contributed by atoms with E-state index in [1.165, 1.54) is 44.1 Å². The van der Waals surface area contributed by atoms with Crippen molar-refractivity contribution in [2.75, 3.05) is 68.3 Å². The number of nitrogens with two attached hydrogens (primary N) is 3. The molecule has 6 rings (SSSR count). The third-order valence-corrected chi connectivity index (χ3v) is 11.6. The largest absolute Gasteiger partial charge is 0.393 e. The van der Waals surface area contributed by atoms with E-state index >= 15 is 0 Å². The first kappa shape index (κ1) is 45.4. The monoisotopic (exact) mass is 871 g/mol. The lowest BCUT2D eigenvalue weighted by Gasteiger charge is -2.21. The molecule has 0 aliphatic carbocycles. The van der Waals surface area contributed by atoms with Crippen LogP contribution < -0.4 is 43.6 Å². The number of hydrazine groups is 1. The van der Waals surface area contributed by atoms with Crippen LogP contribution in [0.3, 0.4) is 0 Å².